The molecule has 0 aliphatic carbocycles. The van der Waals surface area contributed by atoms with E-state index in [0.717, 1.165) is 24.8 Å². The number of carbonyl (C=O) groups excluding carboxylic acids is 1. The number of hydrogen-bond acceptors (Lipinski definition) is 3. The summed E-state index contributed by atoms with van der Waals surface area (Å²) in [4.78, 5) is 12.4. The van der Waals surface area contributed by atoms with E-state index in [0.29, 0.717) is 10.6 Å². The Hall–Kier alpha value is -1.05. The number of amides is 1. The number of anilines is 1. The van der Waals surface area contributed by atoms with Gasteiger partial charge < -0.3 is 5.32 Å². The first-order valence-corrected chi connectivity index (χ1v) is 6.93. The number of nitrogens with zero attached hydrogens (tertiary/aromatic N) is 1. The molecule has 0 spiro atoms. The van der Waals surface area contributed by atoms with E-state index in [4.69, 9.17) is 11.6 Å². The maximum atomic E-state index is 11.3. The minimum absolute atomic E-state index is 0.0899. The number of nitriles is 1. The third-order valence-corrected chi connectivity index (χ3v) is 3.93. The number of carbonyl (C=O) groups is 1. The predicted molar refractivity (Wildman–Crippen MR) is 71.8 cm³/mol. The standard InChI is InChI=1S/C12H15ClN2OS/c1-3-5-8-9(7-14)12(15-11(16)6-13)17-10(8)4-2/h3-6H2,1-2H3,(H,15,16). The van der Waals surface area contributed by atoms with Crippen LogP contribution in [0.4, 0.5) is 5.00 Å². The number of aryl methyl sites for hydroxylation is 1. The van der Waals surface area contributed by atoms with Crippen LogP contribution in [0.5, 0.6) is 0 Å². The second kappa shape index (κ2) is 6.63. The lowest BCUT2D eigenvalue weighted by Crippen LogP contribution is -2.12. The van der Waals surface area contributed by atoms with Crippen LogP contribution in [0, 0.1) is 11.3 Å². The van der Waals surface area contributed by atoms with Gasteiger partial charge in [0, 0.05) is 4.88 Å². The molecule has 0 aliphatic heterocycles. The minimum Gasteiger partial charge on any atom is -0.316 e. The van der Waals surface area contributed by atoms with Gasteiger partial charge in [0.2, 0.25) is 5.91 Å². The van der Waals surface area contributed by atoms with E-state index in [-0.39, 0.29) is 11.8 Å². The molecule has 0 aromatic carbocycles. The lowest BCUT2D eigenvalue weighted by Gasteiger charge is -2.00. The van der Waals surface area contributed by atoms with Gasteiger partial charge in [0.1, 0.15) is 17.0 Å². The zero-order valence-corrected chi connectivity index (χ0v) is 11.5. The average molecular weight is 271 g/mol. The number of halogens is 1. The van der Waals surface area contributed by atoms with Crippen molar-refractivity contribution < 1.29 is 4.79 Å². The molecule has 0 saturated heterocycles. The first-order chi connectivity index (χ1) is 8.17. The summed E-state index contributed by atoms with van der Waals surface area (Å²) >= 11 is 6.93. The molecular weight excluding hydrogens is 256 g/mol. The normalized spacial score (nSPS) is 10.0. The molecule has 1 N–H and O–H groups in total. The van der Waals surface area contributed by atoms with E-state index in [2.05, 4.69) is 25.2 Å². The second-order valence-corrected chi connectivity index (χ2v) is 4.98. The molecular formula is C12H15ClN2OS. The fourth-order valence-corrected chi connectivity index (χ4v) is 2.90. The molecule has 3 nitrogen and oxygen atoms in total. The zero-order chi connectivity index (χ0) is 12.8. The zero-order valence-electron chi connectivity index (χ0n) is 9.97. The number of rotatable bonds is 5. The van der Waals surface area contributed by atoms with Gasteiger partial charge in [-0.05, 0) is 18.4 Å². The van der Waals surface area contributed by atoms with E-state index >= 15 is 0 Å². The minimum atomic E-state index is -0.268. The highest BCUT2D eigenvalue weighted by atomic mass is 35.5. The molecule has 0 unspecified atom stereocenters. The molecule has 5 heteroatoms. The molecule has 1 rings (SSSR count). The maximum Gasteiger partial charge on any atom is 0.239 e. The molecule has 1 amide bonds. The Morgan fingerprint density at radius 3 is 2.71 bits per heavy atom. The lowest BCUT2D eigenvalue weighted by molar-refractivity contribution is -0.113. The van der Waals surface area contributed by atoms with Crippen LogP contribution in [0.1, 0.15) is 36.3 Å². The summed E-state index contributed by atoms with van der Waals surface area (Å²) in [5.41, 5.74) is 1.68. The van der Waals surface area contributed by atoms with Crippen molar-refractivity contribution >= 4 is 33.8 Å². The fraction of sp³-hybridized carbons (Fsp3) is 0.500. The smallest absolute Gasteiger partial charge is 0.239 e. The van der Waals surface area contributed by atoms with Crippen molar-refractivity contribution in [2.45, 2.75) is 33.1 Å². The van der Waals surface area contributed by atoms with Gasteiger partial charge in [0.25, 0.3) is 0 Å². The molecule has 0 atom stereocenters. The van der Waals surface area contributed by atoms with Gasteiger partial charge in [-0.2, -0.15) is 5.26 Å². The number of nitrogens with one attached hydrogen (secondary N) is 1. The van der Waals surface area contributed by atoms with Gasteiger partial charge >= 0.3 is 0 Å². The Bertz CT molecular complexity index is 448. The van der Waals surface area contributed by atoms with Crippen molar-refractivity contribution in [2.75, 3.05) is 11.2 Å². The number of hydrogen-bond donors (Lipinski definition) is 1. The third-order valence-electron chi connectivity index (χ3n) is 2.40. The van der Waals surface area contributed by atoms with E-state index in [1.165, 1.54) is 16.2 Å². The van der Waals surface area contributed by atoms with E-state index in [1.54, 1.807) is 0 Å². The van der Waals surface area contributed by atoms with Crippen LogP contribution in [0.25, 0.3) is 0 Å². The molecule has 17 heavy (non-hydrogen) atoms. The molecule has 0 bridgehead atoms. The van der Waals surface area contributed by atoms with Crippen molar-refractivity contribution in [1.82, 2.24) is 0 Å². The summed E-state index contributed by atoms with van der Waals surface area (Å²) in [5, 5.41) is 12.5. The summed E-state index contributed by atoms with van der Waals surface area (Å²) in [5.74, 6) is -0.358. The van der Waals surface area contributed by atoms with Gasteiger partial charge in [-0.15, -0.1) is 22.9 Å². The van der Waals surface area contributed by atoms with Gasteiger partial charge in [0.05, 0.1) is 5.56 Å². The summed E-state index contributed by atoms with van der Waals surface area (Å²) in [6.07, 6.45) is 2.74. The van der Waals surface area contributed by atoms with Crippen LogP contribution >= 0.6 is 22.9 Å². The summed E-state index contributed by atoms with van der Waals surface area (Å²) in [6.45, 7) is 4.13. The highest BCUT2D eigenvalue weighted by Crippen LogP contribution is 2.34. The molecule has 92 valence electrons. The Balaban J connectivity index is 3.13. The Kier molecular flexibility index (Phi) is 5.46. The second-order valence-electron chi connectivity index (χ2n) is 3.61. The predicted octanol–water partition coefficient (Wildman–Crippen LogP) is 3.31. The van der Waals surface area contributed by atoms with Crippen LogP contribution in [0.3, 0.4) is 0 Å². The first kappa shape index (κ1) is 14.0. The van der Waals surface area contributed by atoms with Gasteiger partial charge in [-0.25, -0.2) is 0 Å². The van der Waals surface area contributed by atoms with Crippen molar-refractivity contribution in [2.24, 2.45) is 0 Å². The molecule has 1 aromatic heterocycles. The van der Waals surface area contributed by atoms with Crippen LogP contribution in [-0.2, 0) is 17.6 Å². The van der Waals surface area contributed by atoms with Crippen molar-refractivity contribution in [1.29, 1.82) is 5.26 Å². The van der Waals surface area contributed by atoms with Crippen molar-refractivity contribution in [3.05, 3.63) is 16.0 Å². The largest absolute Gasteiger partial charge is 0.316 e. The highest BCUT2D eigenvalue weighted by Gasteiger charge is 2.17. The van der Waals surface area contributed by atoms with Crippen LogP contribution in [0.15, 0.2) is 0 Å². The first-order valence-electron chi connectivity index (χ1n) is 5.58. The molecule has 0 saturated carbocycles. The van der Waals surface area contributed by atoms with Gasteiger partial charge in [-0.3, -0.25) is 4.79 Å². The van der Waals surface area contributed by atoms with Gasteiger partial charge in [-0.1, -0.05) is 20.3 Å². The molecule has 0 aliphatic rings. The van der Waals surface area contributed by atoms with E-state index in [9.17, 15) is 10.1 Å². The quantitative estimate of drug-likeness (QED) is 0.835. The molecule has 1 heterocycles. The van der Waals surface area contributed by atoms with Crippen LogP contribution in [0.2, 0.25) is 0 Å². The molecule has 0 radical (unpaired) electrons. The number of thiophene rings is 1. The summed E-state index contributed by atoms with van der Waals surface area (Å²) in [6, 6.07) is 2.19. The maximum absolute atomic E-state index is 11.3. The fourth-order valence-electron chi connectivity index (χ4n) is 1.68. The average Bonchev–Trinajstić information content (AvgIpc) is 2.66. The SMILES string of the molecule is CCCc1c(CC)sc(NC(=O)CCl)c1C#N. The Morgan fingerprint density at radius 1 is 1.53 bits per heavy atom. The Morgan fingerprint density at radius 2 is 2.24 bits per heavy atom. The lowest BCUT2D eigenvalue weighted by atomic mass is 10.1. The monoisotopic (exact) mass is 270 g/mol. The highest BCUT2D eigenvalue weighted by molar-refractivity contribution is 7.16. The van der Waals surface area contributed by atoms with Crippen LogP contribution in [-0.4, -0.2) is 11.8 Å². The van der Waals surface area contributed by atoms with Crippen molar-refractivity contribution in [3.63, 3.8) is 0 Å². The summed E-state index contributed by atoms with van der Waals surface area (Å²) in [7, 11) is 0. The van der Waals surface area contributed by atoms with E-state index in [1.807, 2.05) is 0 Å². The van der Waals surface area contributed by atoms with E-state index < -0.39 is 0 Å². The third kappa shape index (κ3) is 3.21. The molecule has 0 fully saturated rings. The van der Waals surface area contributed by atoms with Crippen LogP contribution < -0.4 is 5.32 Å². The molecule has 1 aromatic rings. The van der Waals surface area contributed by atoms with Gasteiger partial charge in [0.15, 0.2) is 0 Å². The Labute approximate surface area is 110 Å². The topological polar surface area (TPSA) is 52.9 Å². The number of alkyl halides is 1. The summed E-state index contributed by atoms with van der Waals surface area (Å²) < 4.78 is 0. The van der Waals surface area contributed by atoms with Crippen molar-refractivity contribution in [3.8, 4) is 6.07 Å².